The van der Waals surface area contributed by atoms with Gasteiger partial charge in [-0.05, 0) is 25.2 Å². The third-order valence-electron chi connectivity index (χ3n) is 5.82. The highest BCUT2D eigenvalue weighted by molar-refractivity contribution is 5.70. The minimum Gasteiger partial charge on any atom is -0.466 e. The second kappa shape index (κ2) is 22.8. The Kier molecular flexibility index (Phi) is 22.3. The van der Waals surface area contributed by atoms with Gasteiger partial charge in [-0.3, -0.25) is 4.79 Å². The number of carbonyl (C=O) groups is 1. The van der Waals surface area contributed by atoms with Gasteiger partial charge in [0.15, 0.2) is 0 Å². The molecule has 167 valence electrons. The van der Waals surface area contributed by atoms with E-state index >= 15 is 0 Å². The number of hydrogen-bond acceptors (Lipinski definition) is 2. The molecule has 0 aliphatic carbocycles. The summed E-state index contributed by atoms with van der Waals surface area (Å²) in [4.78, 5) is 11.5. The molecule has 0 spiro atoms. The average Bonchev–Trinajstić information content (AvgIpc) is 2.69. The normalized spacial score (nSPS) is 11.3. The molecular formula is C26H51O2. The molecule has 0 N–H and O–H groups in total. The Morgan fingerprint density at radius 2 is 1.11 bits per heavy atom. The van der Waals surface area contributed by atoms with Crippen LogP contribution in [0.25, 0.3) is 0 Å². The molecule has 2 heteroatoms. The molecule has 0 aromatic heterocycles. The number of hydrogen-bond donors (Lipinski definition) is 0. The van der Waals surface area contributed by atoms with E-state index in [0.29, 0.717) is 13.0 Å². The van der Waals surface area contributed by atoms with Crippen molar-refractivity contribution in [3.8, 4) is 0 Å². The lowest BCUT2D eigenvalue weighted by Gasteiger charge is -2.17. The van der Waals surface area contributed by atoms with Crippen LogP contribution in [-0.4, -0.2) is 12.6 Å². The average molecular weight is 396 g/mol. The summed E-state index contributed by atoms with van der Waals surface area (Å²) in [5, 5.41) is 0. The summed E-state index contributed by atoms with van der Waals surface area (Å²) in [6.07, 6.45) is 26.9. The predicted molar refractivity (Wildman–Crippen MR) is 123 cm³/mol. The summed E-state index contributed by atoms with van der Waals surface area (Å²) >= 11 is 0. The van der Waals surface area contributed by atoms with Crippen molar-refractivity contribution in [2.45, 2.75) is 143 Å². The second-order valence-corrected chi connectivity index (χ2v) is 8.66. The van der Waals surface area contributed by atoms with E-state index in [0.717, 1.165) is 12.3 Å². The first-order chi connectivity index (χ1) is 13.7. The van der Waals surface area contributed by atoms with Gasteiger partial charge in [0.05, 0.1) is 6.61 Å². The van der Waals surface area contributed by atoms with Crippen LogP contribution in [0.4, 0.5) is 0 Å². The van der Waals surface area contributed by atoms with Gasteiger partial charge >= 0.3 is 5.97 Å². The van der Waals surface area contributed by atoms with Crippen LogP contribution in [0.2, 0.25) is 0 Å². The highest BCUT2D eigenvalue weighted by atomic mass is 16.5. The zero-order chi connectivity index (χ0) is 20.7. The lowest BCUT2D eigenvalue weighted by molar-refractivity contribution is -0.143. The van der Waals surface area contributed by atoms with E-state index in [1.54, 1.807) is 0 Å². The Labute approximate surface area is 177 Å². The summed E-state index contributed by atoms with van der Waals surface area (Å²) in [5.74, 6) is 0.765. The molecule has 2 nitrogen and oxygen atoms in total. The maximum atomic E-state index is 11.5. The lowest BCUT2D eigenvalue weighted by atomic mass is 9.90. The molecule has 0 fully saturated rings. The topological polar surface area (TPSA) is 26.3 Å². The predicted octanol–water partition coefficient (Wildman–Crippen LogP) is 8.82. The Morgan fingerprint density at radius 3 is 1.57 bits per heavy atom. The highest BCUT2D eigenvalue weighted by Crippen LogP contribution is 2.23. The minimum absolute atomic E-state index is 0.0711. The van der Waals surface area contributed by atoms with E-state index in [4.69, 9.17) is 4.74 Å². The van der Waals surface area contributed by atoms with Gasteiger partial charge in [0, 0.05) is 6.42 Å². The molecule has 0 heterocycles. The Morgan fingerprint density at radius 1 is 0.679 bits per heavy atom. The standard InChI is InChI=1S/C26H51O2/c1-4-7-9-11-13-15-17-21-25(22-18-16-14-12-10-8-5-2)23-19-24-28-26(27)20-6-3/h6,25H,4-5,7-24H2,1-3H3. The summed E-state index contributed by atoms with van der Waals surface area (Å²) in [7, 11) is 0. The second-order valence-electron chi connectivity index (χ2n) is 8.66. The number of esters is 1. The third kappa shape index (κ3) is 20.2. The molecule has 0 atom stereocenters. The fraction of sp³-hybridized carbons (Fsp3) is 0.923. The largest absolute Gasteiger partial charge is 0.466 e. The molecule has 0 aliphatic rings. The Balaban J connectivity index is 3.90. The lowest BCUT2D eigenvalue weighted by Crippen LogP contribution is -2.08. The van der Waals surface area contributed by atoms with Crippen molar-refractivity contribution in [2.24, 2.45) is 5.92 Å². The third-order valence-corrected chi connectivity index (χ3v) is 5.82. The van der Waals surface area contributed by atoms with Gasteiger partial charge < -0.3 is 4.74 Å². The van der Waals surface area contributed by atoms with E-state index in [-0.39, 0.29) is 5.97 Å². The van der Waals surface area contributed by atoms with E-state index in [1.807, 2.05) is 13.3 Å². The molecule has 0 saturated carbocycles. The number of unbranched alkanes of at least 4 members (excludes halogenated alkanes) is 12. The van der Waals surface area contributed by atoms with Gasteiger partial charge in [-0.2, -0.15) is 0 Å². The van der Waals surface area contributed by atoms with Gasteiger partial charge in [-0.1, -0.05) is 124 Å². The molecule has 0 saturated heterocycles. The first-order valence-electron chi connectivity index (χ1n) is 12.7. The molecule has 0 aromatic carbocycles. The molecular weight excluding hydrogens is 344 g/mol. The number of rotatable bonds is 22. The summed E-state index contributed by atoms with van der Waals surface area (Å²) < 4.78 is 5.32. The van der Waals surface area contributed by atoms with Gasteiger partial charge in [-0.25, -0.2) is 0 Å². The van der Waals surface area contributed by atoms with Gasteiger partial charge in [0.2, 0.25) is 0 Å². The van der Waals surface area contributed by atoms with Gasteiger partial charge in [-0.15, -0.1) is 0 Å². The maximum Gasteiger partial charge on any atom is 0.306 e. The molecule has 0 aliphatic heterocycles. The van der Waals surface area contributed by atoms with Crippen molar-refractivity contribution in [2.75, 3.05) is 6.61 Å². The van der Waals surface area contributed by atoms with Gasteiger partial charge in [0.1, 0.15) is 0 Å². The van der Waals surface area contributed by atoms with Crippen LogP contribution in [0.15, 0.2) is 0 Å². The monoisotopic (exact) mass is 395 g/mol. The van der Waals surface area contributed by atoms with E-state index in [2.05, 4.69) is 13.8 Å². The van der Waals surface area contributed by atoms with E-state index in [1.165, 1.54) is 109 Å². The summed E-state index contributed by atoms with van der Waals surface area (Å²) in [6.45, 7) is 7.08. The molecule has 0 rings (SSSR count). The number of carbonyl (C=O) groups excluding carboxylic acids is 1. The van der Waals surface area contributed by atoms with Crippen LogP contribution >= 0.6 is 0 Å². The zero-order valence-electron chi connectivity index (χ0n) is 19.6. The zero-order valence-corrected chi connectivity index (χ0v) is 19.6. The quantitative estimate of drug-likeness (QED) is 0.135. The van der Waals surface area contributed by atoms with Crippen LogP contribution in [0.5, 0.6) is 0 Å². The molecule has 1 radical (unpaired) electrons. The Hall–Kier alpha value is -0.530. The van der Waals surface area contributed by atoms with E-state index in [9.17, 15) is 4.79 Å². The molecule has 0 amide bonds. The minimum atomic E-state index is -0.0711. The van der Waals surface area contributed by atoms with Crippen LogP contribution in [0, 0.1) is 12.3 Å². The Bertz CT molecular complexity index is 296. The van der Waals surface area contributed by atoms with E-state index < -0.39 is 0 Å². The van der Waals surface area contributed by atoms with Gasteiger partial charge in [0.25, 0.3) is 0 Å². The summed E-state index contributed by atoms with van der Waals surface area (Å²) in [5.41, 5.74) is 0. The fourth-order valence-corrected chi connectivity index (χ4v) is 4.00. The maximum absolute atomic E-state index is 11.5. The van der Waals surface area contributed by atoms with Crippen LogP contribution in [0.3, 0.4) is 0 Å². The van der Waals surface area contributed by atoms with Crippen LogP contribution < -0.4 is 0 Å². The molecule has 0 bridgehead atoms. The SMILES string of the molecule is C[CH]CC(=O)OCCCC(CCCCCCCCC)CCCCCCCCC. The van der Waals surface area contributed by atoms with Crippen molar-refractivity contribution in [1.82, 2.24) is 0 Å². The first-order valence-corrected chi connectivity index (χ1v) is 12.7. The summed E-state index contributed by atoms with van der Waals surface area (Å²) in [6, 6.07) is 0. The fourth-order valence-electron chi connectivity index (χ4n) is 4.00. The molecule has 0 aromatic rings. The van der Waals surface area contributed by atoms with Crippen LogP contribution in [0.1, 0.15) is 143 Å². The number of ether oxygens (including phenoxy) is 1. The highest BCUT2D eigenvalue weighted by Gasteiger charge is 2.10. The van der Waals surface area contributed by atoms with Crippen molar-refractivity contribution in [3.05, 3.63) is 6.42 Å². The van der Waals surface area contributed by atoms with Crippen molar-refractivity contribution in [1.29, 1.82) is 0 Å². The van der Waals surface area contributed by atoms with Crippen molar-refractivity contribution in [3.63, 3.8) is 0 Å². The van der Waals surface area contributed by atoms with Crippen molar-refractivity contribution < 1.29 is 9.53 Å². The first kappa shape index (κ1) is 27.5. The smallest absolute Gasteiger partial charge is 0.306 e. The molecule has 0 unspecified atom stereocenters. The molecule has 28 heavy (non-hydrogen) atoms. The van der Waals surface area contributed by atoms with Crippen LogP contribution in [-0.2, 0) is 9.53 Å². The van der Waals surface area contributed by atoms with Crippen molar-refractivity contribution >= 4 is 5.97 Å².